The van der Waals surface area contributed by atoms with E-state index in [4.69, 9.17) is 13.9 Å². The molecule has 3 heterocycles. The highest BCUT2D eigenvalue weighted by Crippen LogP contribution is 2.31. The number of carbonyl (C=O) groups is 2. The number of ether oxygens (including phenoxy) is 2. The highest BCUT2D eigenvalue weighted by Gasteiger charge is 2.34. The molecule has 2 aliphatic heterocycles. The van der Waals surface area contributed by atoms with Crippen molar-refractivity contribution in [3.63, 3.8) is 0 Å². The lowest BCUT2D eigenvalue weighted by atomic mass is 10.1. The zero-order valence-electron chi connectivity index (χ0n) is 17.6. The Balaban J connectivity index is 1.24. The molecule has 0 saturated carbocycles. The predicted octanol–water partition coefficient (Wildman–Crippen LogP) is 2.23. The molecule has 2 aliphatic rings. The van der Waals surface area contributed by atoms with E-state index in [1.165, 1.54) is 6.07 Å². The Morgan fingerprint density at radius 3 is 2.44 bits per heavy atom. The van der Waals surface area contributed by atoms with Crippen LogP contribution in [0.2, 0.25) is 0 Å². The lowest BCUT2D eigenvalue weighted by Crippen LogP contribution is -2.55. The minimum Gasteiger partial charge on any atom is -0.485 e. The van der Waals surface area contributed by atoms with Crippen LogP contribution in [0, 0.1) is 6.92 Å². The molecule has 0 aliphatic carbocycles. The van der Waals surface area contributed by atoms with Gasteiger partial charge in [-0.05, 0) is 31.2 Å². The number of rotatable bonds is 2. The summed E-state index contributed by atoms with van der Waals surface area (Å²) in [6.45, 7) is 3.44. The number of piperazine rings is 1. The van der Waals surface area contributed by atoms with Crippen molar-refractivity contribution < 1.29 is 23.5 Å². The number of para-hydroxylation sites is 2. The second-order valence-corrected chi connectivity index (χ2v) is 7.96. The average Bonchev–Trinajstić information content (AvgIpc) is 2.83. The normalized spacial score (nSPS) is 18.0. The Morgan fingerprint density at radius 2 is 1.66 bits per heavy atom. The van der Waals surface area contributed by atoms with E-state index in [2.05, 4.69) is 0 Å². The first-order valence-electron chi connectivity index (χ1n) is 10.5. The number of carbonyl (C=O) groups excluding carboxylic acids is 2. The Hall–Kier alpha value is -3.81. The molecule has 8 nitrogen and oxygen atoms in total. The first-order valence-corrected chi connectivity index (χ1v) is 10.5. The van der Waals surface area contributed by atoms with Crippen LogP contribution in [0.1, 0.15) is 16.1 Å². The SMILES string of the molecule is Cc1ccc2oc(C(=O)N3CCN(C(=O)C4COc5ccccc5O4)CC3)cc(=O)c2c1. The molecule has 3 aromatic rings. The monoisotopic (exact) mass is 434 g/mol. The summed E-state index contributed by atoms with van der Waals surface area (Å²) in [4.78, 5) is 41.5. The van der Waals surface area contributed by atoms with Crippen LogP contribution in [0.25, 0.3) is 11.0 Å². The van der Waals surface area contributed by atoms with E-state index in [0.717, 1.165) is 5.56 Å². The number of hydrogen-bond acceptors (Lipinski definition) is 6. The third-order valence-electron chi connectivity index (χ3n) is 5.76. The molecule has 0 N–H and O–H groups in total. The minimum atomic E-state index is -0.714. The second-order valence-electron chi connectivity index (χ2n) is 7.96. The lowest BCUT2D eigenvalue weighted by molar-refractivity contribution is -0.142. The van der Waals surface area contributed by atoms with Crippen molar-refractivity contribution in [1.82, 2.24) is 9.80 Å². The van der Waals surface area contributed by atoms with Gasteiger partial charge >= 0.3 is 0 Å². The van der Waals surface area contributed by atoms with Crippen LogP contribution in [0.15, 0.2) is 57.7 Å². The van der Waals surface area contributed by atoms with Gasteiger partial charge in [-0.3, -0.25) is 14.4 Å². The summed E-state index contributed by atoms with van der Waals surface area (Å²) in [7, 11) is 0. The minimum absolute atomic E-state index is 0.00625. The molecule has 32 heavy (non-hydrogen) atoms. The van der Waals surface area contributed by atoms with Gasteiger partial charge in [0.2, 0.25) is 6.10 Å². The third kappa shape index (κ3) is 3.68. The largest absolute Gasteiger partial charge is 0.485 e. The van der Waals surface area contributed by atoms with Crippen molar-refractivity contribution in [2.75, 3.05) is 32.8 Å². The van der Waals surface area contributed by atoms with Gasteiger partial charge in [-0.25, -0.2) is 0 Å². The third-order valence-corrected chi connectivity index (χ3v) is 5.76. The highest BCUT2D eigenvalue weighted by molar-refractivity contribution is 5.93. The number of benzene rings is 2. The first-order chi connectivity index (χ1) is 15.5. The van der Waals surface area contributed by atoms with Gasteiger partial charge in [-0.2, -0.15) is 0 Å². The molecule has 8 heteroatoms. The zero-order valence-corrected chi connectivity index (χ0v) is 17.6. The number of aryl methyl sites for hydroxylation is 1. The molecule has 1 fully saturated rings. The van der Waals surface area contributed by atoms with Crippen LogP contribution >= 0.6 is 0 Å². The summed E-state index contributed by atoms with van der Waals surface area (Å²) in [5.74, 6) is 0.653. The second kappa shape index (κ2) is 8.03. The summed E-state index contributed by atoms with van der Waals surface area (Å²) in [6.07, 6.45) is -0.714. The molecular formula is C24H22N2O6. The van der Waals surface area contributed by atoms with Crippen molar-refractivity contribution in [3.8, 4) is 11.5 Å². The number of nitrogens with zero attached hydrogens (tertiary/aromatic N) is 2. The molecule has 164 valence electrons. The summed E-state index contributed by atoms with van der Waals surface area (Å²) < 4.78 is 17.2. The fourth-order valence-electron chi connectivity index (χ4n) is 4.01. The molecule has 1 atom stereocenters. The van der Waals surface area contributed by atoms with E-state index in [1.807, 2.05) is 25.1 Å². The van der Waals surface area contributed by atoms with E-state index < -0.39 is 6.10 Å². The van der Waals surface area contributed by atoms with Crippen LogP contribution in [0.3, 0.4) is 0 Å². The molecule has 1 unspecified atom stereocenters. The number of fused-ring (bicyclic) bond motifs is 2. The van der Waals surface area contributed by atoms with Crippen molar-refractivity contribution in [3.05, 3.63) is 70.1 Å². The van der Waals surface area contributed by atoms with Crippen LogP contribution in [0.5, 0.6) is 11.5 Å². The Morgan fingerprint density at radius 1 is 0.938 bits per heavy atom. The van der Waals surface area contributed by atoms with Crippen molar-refractivity contribution >= 4 is 22.8 Å². The topological polar surface area (TPSA) is 89.3 Å². The van der Waals surface area contributed by atoms with Crippen molar-refractivity contribution in [2.24, 2.45) is 0 Å². The maximum Gasteiger partial charge on any atom is 0.289 e. The predicted molar refractivity (Wildman–Crippen MR) is 116 cm³/mol. The van der Waals surface area contributed by atoms with E-state index >= 15 is 0 Å². The molecule has 0 bridgehead atoms. The van der Waals surface area contributed by atoms with Crippen molar-refractivity contribution in [1.29, 1.82) is 0 Å². The van der Waals surface area contributed by atoms with Gasteiger partial charge in [0.15, 0.2) is 22.7 Å². The fourth-order valence-corrected chi connectivity index (χ4v) is 4.01. The van der Waals surface area contributed by atoms with Gasteiger partial charge in [0.25, 0.3) is 11.8 Å². The molecule has 5 rings (SSSR count). The van der Waals surface area contributed by atoms with E-state index in [1.54, 1.807) is 34.1 Å². The smallest absolute Gasteiger partial charge is 0.289 e. The fraction of sp³-hybridized carbons (Fsp3) is 0.292. The lowest BCUT2D eigenvalue weighted by Gasteiger charge is -2.36. The van der Waals surface area contributed by atoms with E-state index in [0.29, 0.717) is 48.6 Å². The van der Waals surface area contributed by atoms with E-state index in [-0.39, 0.29) is 29.6 Å². The Bertz CT molecular complexity index is 1260. The molecular weight excluding hydrogens is 412 g/mol. The standard InChI is InChI=1S/C24H22N2O6/c1-15-6-7-18-16(12-15)17(27)13-21(31-18)23(28)25-8-10-26(11-9-25)24(29)22-14-30-19-4-2-3-5-20(19)32-22/h2-7,12-13,22H,8-11,14H2,1H3. The molecule has 2 amide bonds. The summed E-state index contributed by atoms with van der Waals surface area (Å²) in [6, 6.07) is 13.8. The maximum atomic E-state index is 12.9. The van der Waals surface area contributed by atoms with Crippen LogP contribution < -0.4 is 14.9 Å². The van der Waals surface area contributed by atoms with Crippen LogP contribution in [-0.4, -0.2) is 60.5 Å². The Kier molecular flexibility index (Phi) is 5.05. The van der Waals surface area contributed by atoms with Gasteiger partial charge in [0, 0.05) is 32.2 Å². The first kappa shape index (κ1) is 20.1. The Labute approximate surface area is 183 Å². The van der Waals surface area contributed by atoms with Gasteiger partial charge in [0.05, 0.1) is 5.39 Å². The molecule has 2 aromatic carbocycles. The van der Waals surface area contributed by atoms with Gasteiger partial charge in [-0.15, -0.1) is 0 Å². The van der Waals surface area contributed by atoms with Gasteiger partial charge < -0.3 is 23.7 Å². The van der Waals surface area contributed by atoms with Gasteiger partial charge in [0.1, 0.15) is 12.2 Å². The summed E-state index contributed by atoms with van der Waals surface area (Å²) >= 11 is 0. The molecule has 0 spiro atoms. The van der Waals surface area contributed by atoms with Gasteiger partial charge in [-0.1, -0.05) is 23.8 Å². The quantitative estimate of drug-likeness (QED) is 0.615. The number of hydrogen-bond donors (Lipinski definition) is 0. The number of amides is 2. The van der Waals surface area contributed by atoms with E-state index in [9.17, 15) is 14.4 Å². The summed E-state index contributed by atoms with van der Waals surface area (Å²) in [5.41, 5.74) is 1.08. The zero-order chi connectivity index (χ0) is 22.2. The van der Waals surface area contributed by atoms with Crippen molar-refractivity contribution in [2.45, 2.75) is 13.0 Å². The average molecular weight is 434 g/mol. The molecule has 1 saturated heterocycles. The van der Waals surface area contributed by atoms with Crippen LogP contribution in [0.4, 0.5) is 0 Å². The summed E-state index contributed by atoms with van der Waals surface area (Å²) in [5, 5.41) is 0.452. The maximum absolute atomic E-state index is 12.9. The molecule has 1 aromatic heterocycles. The molecule has 0 radical (unpaired) electrons. The van der Waals surface area contributed by atoms with Crippen LogP contribution in [-0.2, 0) is 4.79 Å². The highest BCUT2D eigenvalue weighted by atomic mass is 16.6.